The number of amides is 1. The Balaban J connectivity index is 1.97. The maximum atomic E-state index is 11.7. The van der Waals surface area contributed by atoms with Gasteiger partial charge < -0.3 is 5.32 Å². The standard InChI is InChI=1S/C15H12INO/c16-13-7-9-14(10-8-13)17-15(18)11-6-12-4-2-1-3-5-12/h1-11H,(H,17,18). The minimum absolute atomic E-state index is 0.125. The van der Waals surface area contributed by atoms with Gasteiger partial charge in [0.2, 0.25) is 5.91 Å². The number of benzene rings is 2. The first-order valence-electron chi connectivity index (χ1n) is 5.54. The number of halogens is 1. The van der Waals surface area contributed by atoms with E-state index >= 15 is 0 Å². The van der Waals surface area contributed by atoms with Crippen molar-refractivity contribution in [1.29, 1.82) is 0 Å². The van der Waals surface area contributed by atoms with Gasteiger partial charge in [0.25, 0.3) is 0 Å². The fourth-order valence-electron chi connectivity index (χ4n) is 1.45. The molecule has 2 aromatic carbocycles. The largest absolute Gasteiger partial charge is 0.323 e. The highest BCUT2D eigenvalue weighted by atomic mass is 127. The molecule has 18 heavy (non-hydrogen) atoms. The highest BCUT2D eigenvalue weighted by Gasteiger charge is 1.97. The van der Waals surface area contributed by atoms with Crippen LogP contribution < -0.4 is 5.32 Å². The summed E-state index contributed by atoms with van der Waals surface area (Å²) in [5.41, 5.74) is 1.81. The second-order valence-corrected chi connectivity index (χ2v) is 4.99. The van der Waals surface area contributed by atoms with Crippen LogP contribution in [0.25, 0.3) is 6.08 Å². The normalized spacial score (nSPS) is 10.5. The van der Waals surface area contributed by atoms with Gasteiger partial charge in [-0.3, -0.25) is 4.79 Å². The van der Waals surface area contributed by atoms with E-state index in [-0.39, 0.29) is 5.91 Å². The van der Waals surface area contributed by atoms with E-state index in [0.29, 0.717) is 0 Å². The Morgan fingerprint density at radius 1 is 1.00 bits per heavy atom. The molecule has 1 amide bonds. The third kappa shape index (κ3) is 4.00. The van der Waals surface area contributed by atoms with Gasteiger partial charge in [-0.2, -0.15) is 0 Å². The lowest BCUT2D eigenvalue weighted by atomic mass is 10.2. The third-order valence-corrected chi connectivity index (χ3v) is 3.06. The van der Waals surface area contributed by atoms with E-state index in [2.05, 4.69) is 27.9 Å². The first-order chi connectivity index (χ1) is 8.74. The molecule has 2 rings (SSSR count). The first kappa shape index (κ1) is 12.8. The molecule has 0 atom stereocenters. The van der Waals surface area contributed by atoms with Crippen molar-refractivity contribution in [2.75, 3.05) is 5.32 Å². The molecule has 0 bridgehead atoms. The minimum atomic E-state index is -0.125. The molecule has 0 aliphatic carbocycles. The Morgan fingerprint density at radius 3 is 2.33 bits per heavy atom. The molecule has 0 saturated heterocycles. The molecule has 2 nitrogen and oxygen atoms in total. The molecule has 0 unspecified atom stereocenters. The summed E-state index contributed by atoms with van der Waals surface area (Å²) in [6.45, 7) is 0. The molecule has 0 heterocycles. The van der Waals surface area contributed by atoms with Crippen LogP contribution >= 0.6 is 22.6 Å². The Labute approximate surface area is 120 Å². The summed E-state index contributed by atoms with van der Waals surface area (Å²) < 4.78 is 1.14. The fourth-order valence-corrected chi connectivity index (χ4v) is 1.81. The zero-order valence-electron chi connectivity index (χ0n) is 9.64. The molecule has 1 N–H and O–H groups in total. The summed E-state index contributed by atoms with van der Waals surface area (Å²) in [7, 11) is 0. The van der Waals surface area contributed by atoms with Crippen molar-refractivity contribution in [3.05, 3.63) is 69.8 Å². The molecule has 2 aromatic rings. The number of anilines is 1. The van der Waals surface area contributed by atoms with Crippen LogP contribution in [0.2, 0.25) is 0 Å². The van der Waals surface area contributed by atoms with Crippen molar-refractivity contribution in [1.82, 2.24) is 0 Å². The molecule has 0 aliphatic heterocycles. The van der Waals surface area contributed by atoms with E-state index in [1.807, 2.05) is 54.6 Å². The Bertz CT molecular complexity index is 546. The molecular weight excluding hydrogens is 337 g/mol. The monoisotopic (exact) mass is 349 g/mol. The van der Waals surface area contributed by atoms with Crippen molar-refractivity contribution in [2.24, 2.45) is 0 Å². The SMILES string of the molecule is O=C(C=Cc1ccccc1)Nc1ccc(I)cc1. The van der Waals surface area contributed by atoms with Crippen molar-refractivity contribution in [2.45, 2.75) is 0 Å². The number of rotatable bonds is 3. The average Bonchev–Trinajstić information content (AvgIpc) is 2.40. The van der Waals surface area contributed by atoms with Gasteiger partial charge in [-0.15, -0.1) is 0 Å². The van der Waals surface area contributed by atoms with Crippen LogP contribution in [-0.4, -0.2) is 5.91 Å². The maximum Gasteiger partial charge on any atom is 0.248 e. The van der Waals surface area contributed by atoms with E-state index in [4.69, 9.17) is 0 Å². The van der Waals surface area contributed by atoms with Crippen LogP contribution in [0, 0.1) is 3.57 Å². The van der Waals surface area contributed by atoms with Gasteiger partial charge in [-0.05, 0) is 58.5 Å². The zero-order chi connectivity index (χ0) is 12.8. The summed E-state index contributed by atoms with van der Waals surface area (Å²) in [4.78, 5) is 11.7. The lowest BCUT2D eigenvalue weighted by Crippen LogP contribution is -2.07. The van der Waals surface area contributed by atoms with Crippen LogP contribution in [0.4, 0.5) is 5.69 Å². The van der Waals surface area contributed by atoms with Crippen LogP contribution in [0.3, 0.4) is 0 Å². The summed E-state index contributed by atoms with van der Waals surface area (Å²) in [5, 5.41) is 2.81. The summed E-state index contributed by atoms with van der Waals surface area (Å²) >= 11 is 2.23. The molecule has 3 heteroatoms. The number of hydrogen-bond acceptors (Lipinski definition) is 1. The summed E-state index contributed by atoms with van der Waals surface area (Å²) in [6, 6.07) is 17.4. The van der Waals surface area contributed by atoms with Gasteiger partial charge >= 0.3 is 0 Å². The van der Waals surface area contributed by atoms with Gasteiger partial charge in [0.1, 0.15) is 0 Å². The minimum Gasteiger partial charge on any atom is -0.323 e. The van der Waals surface area contributed by atoms with Gasteiger partial charge in [0.15, 0.2) is 0 Å². The molecule has 0 fully saturated rings. The first-order valence-corrected chi connectivity index (χ1v) is 6.61. The second kappa shape index (κ2) is 6.35. The zero-order valence-corrected chi connectivity index (χ0v) is 11.8. The maximum absolute atomic E-state index is 11.7. The Morgan fingerprint density at radius 2 is 1.67 bits per heavy atom. The molecule has 90 valence electrons. The quantitative estimate of drug-likeness (QED) is 0.660. The van der Waals surface area contributed by atoms with E-state index < -0.39 is 0 Å². The molecule has 0 spiro atoms. The van der Waals surface area contributed by atoms with E-state index in [1.54, 1.807) is 6.08 Å². The van der Waals surface area contributed by atoms with Crippen molar-refractivity contribution < 1.29 is 4.79 Å². The number of hydrogen-bond donors (Lipinski definition) is 1. The van der Waals surface area contributed by atoms with Crippen LogP contribution in [-0.2, 0) is 4.79 Å². The summed E-state index contributed by atoms with van der Waals surface area (Å²) in [5.74, 6) is -0.125. The lowest BCUT2D eigenvalue weighted by Gasteiger charge is -2.01. The second-order valence-electron chi connectivity index (χ2n) is 3.74. The van der Waals surface area contributed by atoms with Crippen LogP contribution in [0.1, 0.15) is 5.56 Å². The molecule has 0 saturated carbocycles. The number of nitrogens with one attached hydrogen (secondary N) is 1. The van der Waals surface area contributed by atoms with Crippen molar-refractivity contribution >= 4 is 40.3 Å². The topological polar surface area (TPSA) is 29.1 Å². The van der Waals surface area contributed by atoms with E-state index in [0.717, 1.165) is 14.8 Å². The fraction of sp³-hybridized carbons (Fsp3) is 0. The highest BCUT2D eigenvalue weighted by Crippen LogP contribution is 2.11. The van der Waals surface area contributed by atoms with Crippen LogP contribution in [0.15, 0.2) is 60.7 Å². The van der Waals surface area contributed by atoms with E-state index in [1.165, 1.54) is 6.08 Å². The van der Waals surface area contributed by atoms with Gasteiger partial charge in [-0.1, -0.05) is 30.3 Å². The predicted molar refractivity (Wildman–Crippen MR) is 83.3 cm³/mol. The average molecular weight is 349 g/mol. The Kier molecular flexibility index (Phi) is 4.52. The Hall–Kier alpha value is -1.62. The van der Waals surface area contributed by atoms with E-state index in [9.17, 15) is 4.79 Å². The number of carbonyl (C=O) groups is 1. The van der Waals surface area contributed by atoms with Crippen LogP contribution in [0.5, 0.6) is 0 Å². The van der Waals surface area contributed by atoms with Gasteiger partial charge in [-0.25, -0.2) is 0 Å². The van der Waals surface area contributed by atoms with Gasteiger partial charge in [0, 0.05) is 15.3 Å². The van der Waals surface area contributed by atoms with Gasteiger partial charge in [0.05, 0.1) is 0 Å². The van der Waals surface area contributed by atoms with Crippen molar-refractivity contribution in [3.63, 3.8) is 0 Å². The highest BCUT2D eigenvalue weighted by molar-refractivity contribution is 14.1. The third-order valence-electron chi connectivity index (χ3n) is 2.34. The lowest BCUT2D eigenvalue weighted by molar-refractivity contribution is -0.111. The van der Waals surface area contributed by atoms with Crippen molar-refractivity contribution in [3.8, 4) is 0 Å². The molecular formula is C15H12INO. The molecule has 0 aliphatic rings. The predicted octanol–water partition coefficient (Wildman–Crippen LogP) is 3.94. The summed E-state index contributed by atoms with van der Waals surface area (Å²) in [6.07, 6.45) is 3.33. The number of carbonyl (C=O) groups excluding carboxylic acids is 1. The smallest absolute Gasteiger partial charge is 0.248 e. The molecule has 0 radical (unpaired) electrons. The molecule has 0 aromatic heterocycles.